The van der Waals surface area contributed by atoms with E-state index in [2.05, 4.69) is 10.5 Å². The fourth-order valence-electron chi connectivity index (χ4n) is 2.66. The molecule has 3 aromatic rings. The van der Waals surface area contributed by atoms with Crippen molar-refractivity contribution in [3.8, 4) is 0 Å². The topological polar surface area (TPSA) is 125 Å². The molecule has 0 aliphatic carbocycles. The lowest BCUT2D eigenvalue weighted by Gasteiger charge is -2.07. The van der Waals surface area contributed by atoms with Crippen LogP contribution in [0.15, 0.2) is 53.1 Å². The maximum atomic E-state index is 12.1. The zero-order valence-corrected chi connectivity index (χ0v) is 16.8. The molecule has 1 amide bonds. The molecule has 0 saturated carbocycles. The van der Waals surface area contributed by atoms with Crippen LogP contribution in [0.1, 0.15) is 32.9 Å². The summed E-state index contributed by atoms with van der Waals surface area (Å²) in [6, 6.07) is 13.6. The molecule has 0 bridgehead atoms. The van der Waals surface area contributed by atoms with Gasteiger partial charge in [-0.25, -0.2) is 4.79 Å². The van der Waals surface area contributed by atoms with E-state index in [9.17, 15) is 19.7 Å². The van der Waals surface area contributed by atoms with E-state index in [-0.39, 0.29) is 22.7 Å². The van der Waals surface area contributed by atoms with Gasteiger partial charge in [-0.2, -0.15) is 0 Å². The minimum atomic E-state index is -0.643. The first kappa shape index (κ1) is 21.4. The number of hydrogen-bond donors (Lipinski definition) is 1. The van der Waals surface area contributed by atoms with Gasteiger partial charge < -0.3 is 14.6 Å². The molecule has 0 spiro atoms. The van der Waals surface area contributed by atoms with Gasteiger partial charge in [-0.05, 0) is 49.8 Å². The van der Waals surface area contributed by atoms with E-state index in [1.807, 2.05) is 19.1 Å². The van der Waals surface area contributed by atoms with Gasteiger partial charge in [0.1, 0.15) is 0 Å². The molecule has 0 unspecified atom stereocenters. The Bertz CT molecular complexity index is 1130. The Hall–Kier alpha value is -4.27. The van der Waals surface area contributed by atoms with Gasteiger partial charge in [-0.15, -0.1) is 0 Å². The normalized spacial score (nSPS) is 10.8. The van der Waals surface area contributed by atoms with Crippen molar-refractivity contribution in [1.82, 2.24) is 5.16 Å². The number of esters is 1. The van der Waals surface area contributed by atoms with Crippen molar-refractivity contribution < 1.29 is 23.8 Å². The van der Waals surface area contributed by atoms with Crippen LogP contribution in [0.3, 0.4) is 0 Å². The van der Waals surface area contributed by atoms with Crippen LogP contribution in [0, 0.1) is 24.0 Å². The summed E-state index contributed by atoms with van der Waals surface area (Å²) in [6.07, 6.45) is 3.03. The molecule has 2 aromatic carbocycles. The van der Waals surface area contributed by atoms with E-state index >= 15 is 0 Å². The Kier molecular flexibility index (Phi) is 6.56. The van der Waals surface area contributed by atoms with Gasteiger partial charge in [-0.1, -0.05) is 41.1 Å². The Balaban J connectivity index is 1.56. The standard InChI is InChI=1S/C22H19N3O6/c1-14-3-10-18(11-4-14)23-20(26)13-30-22(27)17-8-5-16(6-9-17)7-12-19-21(25(28)29)15(2)24-31-19/h3-12H,13H2,1-2H3,(H,23,26)/b12-7+. The molecular formula is C22H19N3O6. The molecule has 9 heteroatoms. The molecule has 0 aliphatic heterocycles. The monoisotopic (exact) mass is 421 g/mol. The first-order valence-electron chi connectivity index (χ1n) is 9.26. The summed E-state index contributed by atoms with van der Waals surface area (Å²) in [5.41, 5.74) is 2.62. The molecular weight excluding hydrogens is 402 g/mol. The van der Waals surface area contributed by atoms with E-state index in [1.54, 1.807) is 30.3 Å². The Morgan fingerprint density at radius 3 is 2.42 bits per heavy atom. The van der Waals surface area contributed by atoms with Gasteiger partial charge in [0.2, 0.25) is 5.76 Å². The predicted octanol–water partition coefficient (Wildman–Crippen LogP) is 4.17. The van der Waals surface area contributed by atoms with Gasteiger partial charge in [0, 0.05) is 5.69 Å². The van der Waals surface area contributed by atoms with Gasteiger partial charge >= 0.3 is 11.7 Å². The van der Waals surface area contributed by atoms with Crippen LogP contribution in [0.25, 0.3) is 12.2 Å². The van der Waals surface area contributed by atoms with Crippen LogP contribution in [-0.2, 0) is 9.53 Å². The lowest BCUT2D eigenvalue weighted by atomic mass is 10.1. The largest absolute Gasteiger partial charge is 0.452 e. The first-order chi connectivity index (χ1) is 14.8. The van der Waals surface area contributed by atoms with E-state index in [0.29, 0.717) is 11.3 Å². The summed E-state index contributed by atoms with van der Waals surface area (Å²) in [5, 5.41) is 17.3. The molecule has 1 N–H and O–H groups in total. The van der Waals surface area contributed by atoms with Gasteiger partial charge in [0.25, 0.3) is 5.91 Å². The number of hydrogen-bond acceptors (Lipinski definition) is 7. The average molecular weight is 421 g/mol. The van der Waals surface area contributed by atoms with E-state index in [1.165, 1.54) is 25.1 Å². The molecule has 0 saturated heterocycles. The van der Waals surface area contributed by atoms with Crippen LogP contribution in [0.4, 0.5) is 11.4 Å². The van der Waals surface area contributed by atoms with Crippen LogP contribution in [-0.4, -0.2) is 28.6 Å². The third-order valence-corrected chi connectivity index (χ3v) is 4.28. The first-order valence-corrected chi connectivity index (χ1v) is 9.26. The number of carbonyl (C=O) groups is 2. The summed E-state index contributed by atoms with van der Waals surface area (Å²) in [5.74, 6) is -1.05. The molecule has 3 rings (SSSR count). The molecule has 0 aliphatic rings. The van der Waals surface area contributed by atoms with Gasteiger partial charge in [0.05, 0.1) is 10.5 Å². The molecule has 31 heavy (non-hydrogen) atoms. The van der Waals surface area contributed by atoms with E-state index in [0.717, 1.165) is 5.56 Å². The number of nitro groups is 1. The summed E-state index contributed by atoms with van der Waals surface area (Å²) < 4.78 is 9.99. The Morgan fingerprint density at radius 1 is 1.10 bits per heavy atom. The van der Waals surface area contributed by atoms with Crippen LogP contribution in [0.2, 0.25) is 0 Å². The highest BCUT2D eigenvalue weighted by molar-refractivity contribution is 5.95. The van der Waals surface area contributed by atoms with Gasteiger partial charge in [0.15, 0.2) is 12.3 Å². The lowest BCUT2D eigenvalue weighted by molar-refractivity contribution is -0.386. The molecule has 0 atom stereocenters. The quantitative estimate of drug-likeness (QED) is 0.345. The number of carbonyl (C=O) groups excluding carboxylic acids is 2. The maximum Gasteiger partial charge on any atom is 0.338 e. The summed E-state index contributed by atoms with van der Waals surface area (Å²) in [6.45, 7) is 3.01. The van der Waals surface area contributed by atoms with Gasteiger partial charge in [-0.3, -0.25) is 14.9 Å². The number of nitrogens with one attached hydrogen (secondary N) is 1. The van der Waals surface area contributed by atoms with Crippen molar-refractivity contribution >= 4 is 35.4 Å². The van der Waals surface area contributed by atoms with Crippen molar-refractivity contribution in [2.75, 3.05) is 11.9 Å². The minimum Gasteiger partial charge on any atom is -0.452 e. The molecule has 1 aromatic heterocycles. The minimum absolute atomic E-state index is 0.0329. The second-order valence-corrected chi connectivity index (χ2v) is 6.68. The van der Waals surface area contributed by atoms with E-state index in [4.69, 9.17) is 9.26 Å². The van der Waals surface area contributed by atoms with Crippen molar-refractivity contribution in [3.63, 3.8) is 0 Å². The number of aryl methyl sites for hydroxylation is 2. The highest BCUT2D eigenvalue weighted by Crippen LogP contribution is 2.24. The Morgan fingerprint density at radius 2 is 1.77 bits per heavy atom. The molecule has 158 valence electrons. The molecule has 9 nitrogen and oxygen atoms in total. The maximum absolute atomic E-state index is 12.1. The zero-order chi connectivity index (χ0) is 22.4. The van der Waals surface area contributed by atoms with Crippen molar-refractivity contribution in [3.05, 3.63) is 86.8 Å². The number of ether oxygens (including phenoxy) is 1. The summed E-state index contributed by atoms with van der Waals surface area (Å²) in [4.78, 5) is 34.6. The second kappa shape index (κ2) is 9.49. The van der Waals surface area contributed by atoms with Crippen molar-refractivity contribution in [2.24, 2.45) is 0 Å². The fourth-order valence-corrected chi connectivity index (χ4v) is 2.66. The molecule has 0 fully saturated rings. The second-order valence-electron chi connectivity index (χ2n) is 6.68. The van der Waals surface area contributed by atoms with E-state index < -0.39 is 23.4 Å². The number of rotatable bonds is 7. The summed E-state index contributed by atoms with van der Waals surface area (Å²) in [7, 11) is 0. The van der Waals surface area contributed by atoms with Crippen LogP contribution >= 0.6 is 0 Å². The number of anilines is 1. The zero-order valence-electron chi connectivity index (χ0n) is 16.8. The number of aromatic nitrogens is 1. The lowest BCUT2D eigenvalue weighted by Crippen LogP contribution is -2.20. The number of benzene rings is 2. The van der Waals surface area contributed by atoms with Crippen molar-refractivity contribution in [1.29, 1.82) is 0 Å². The number of nitrogens with zero attached hydrogens (tertiary/aromatic N) is 2. The smallest absolute Gasteiger partial charge is 0.338 e. The van der Waals surface area contributed by atoms with Crippen molar-refractivity contribution in [2.45, 2.75) is 13.8 Å². The Labute approximate surface area is 177 Å². The highest BCUT2D eigenvalue weighted by atomic mass is 16.6. The van der Waals surface area contributed by atoms with Crippen LogP contribution < -0.4 is 5.32 Å². The summed E-state index contributed by atoms with van der Waals surface area (Å²) >= 11 is 0. The van der Waals surface area contributed by atoms with Crippen LogP contribution in [0.5, 0.6) is 0 Å². The average Bonchev–Trinajstić information content (AvgIpc) is 3.13. The number of amides is 1. The SMILES string of the molecule is Cc1ccc(NC(=O)COC(=O)c2ccc(/C=C/c3onc(C)c3[N+](=O)[O-])cc2)cc1. The fraction of sp³-hybridized carbons (Fsp3) is 0.136. The highest BCUT2D eigenvalue weighted by Gasteiger charge is 2.21. The molecule has 0 radical (unpaired) electrons. The third-order valence-electron chi connectivity index (χ3n) is 4.28. The molecule has 1 heterocycles. The third kappa shape index (κ3) is 5.63. The predicted molar refractivity (Wildman–Crippen MR) is 113 cm³/mol.